The summed E-state index contributed by atoms with van der Waals surface area (Å²) in [5.74, 6) is 0. The lowest BCUT2D eigenvalue weighted by atomic mass is 10.0. The van der Waals surface area contributed by atoms with E-state index in [1.54, 1.807) is 0 Å². The summed E-state index contributed by atoms with van der Waals surface area (Å²) in [6, 6.07) is 1.46. The first-order valence-corrected chi connectivity index (χ1v) is 6.19. The molecule has 1 saturated heterocycles. The number of nitrogens with one attached hydrogen (secondary N) is 1. The summed E-state index contributed by atoms with van der Waals surface area (Å²) < 4.78 is 0. The predicted molar refractivity (Wildman–Crippen MR) is 66.3 cm³/mol. The van der Waals surface area contributed by atoms with Crippen LogP contribution < -0.4 is 5.32 Å². The number of likely N-dealkylation sites (tertiary alicyclic amines) is 1. The highest BCUT2D eigenvalue weighted by molar-refractivity contribution is 4.77. The van der Waals surface area contributed by atoms with Crippen LogP contribution in [-0.4, -0.2) is 62.7 Å². The molecular formula is C12H27N3. The fourth-order valence-electron chi connectivity index (χ4n) is 2.18. The van der Waals surface area contributed by atoms with Crippen LogP contribution in [0.3, 0.4) is 0 Å². The third-order valence-corrected chi connectivity index (χ3v) is 3.66. The molecular weight excluding hydrogens is 186 g/mol. The Hall–Kier alpha value is -0.120. The molecule has 1 rings (SSSR count). The van der Waals surface area contributed by atoms with E-state index >= 15 is 0 Å². The fraction of sp³-hybridized carbons (Fsp3) is 1.00. The van der Waals surface area contributed by atoms with E-state index in [4.69, 9.17) is 0 Å². The van der Waals surface area contributed by atoms with Gasteiger partial charge < -0.3 is 15.1 Å². The van der Waals surface area contributed by atoms with Crippen LogP contribution in [0.15, 0.2) is 0 Å². The van der Waals surface area contributed by atoms with E-state index in [2.05, 4.69) is 36.1 Å². The van der Waals surface area contributed by atoms with Crippen LogP contribution in [0.5, 0.6) is 0 Å². The van der Waals surface area contributed by atoms with Gasteiger partial charge in [-0.1, -0.05) is 0 Å². The molecule has 1 atom stereocenters. The van der Waals surface area contributed by atoms with Gasteiger partial charge in [-0.3, -0.25) is 0 Å². The number of hydrogen-bond acceptors (Lipinski definition) is 3. The van der Waals surface area contributed by atoms with Crippen LogP contribution >= 0.6 is 0 Å². The normalized spacial score (nSPS) is 22.2. The maximum atomic E-state index is 3.30. The van der Waals surface area contributed by atoms with Gasteiger partial charge in [0.15, 0.2) is 0 Å². The molecule has 90 valence electrons. The number of hydrogen-bond donors (Lipinski definition) is 1. The van der Waals surface area contributed by atoms with E-state index in [1.807, 2.05) is 7.05 Å². The van der Waals surface area contributed by atoms with E-state index in [9.17, 15) is 0 Å². The van der Waals surface area contributed by atoms with Crippen molar-refractivity contribution in [3.8, 4) is 0 Å². The van der Waals surface area contributed by atoms with Crippen molar-refractivity contribution in [3.05, 3.63) is 0 Å². The molecule has 0 bridgehead atoms. The Morgan fingerprint density at radius 2 is 1.93 bits per heavy atom. The second-order valence-corrected chi connectivity index (χ2v) is 5.01. The molecule has 0 aromatic heterocycles. The van der Waals surface area contributed by atoms with Gasteiger partial charge in [0.2, 0.25) is 0 Å². The molecule has 3 heteroatoms. The second kappa shape index (κ2) is 6.46. The van der Waals surface area contributed by atoms with Crippen LogP contribution in [0, 0.1) is 0 Å². The van der Waals surface area contributed by atoms with Gasteiger partial charge in [0, 0.05) is 12.1 Å². The molecule has 0 aromatic carbocycles. The van der Waals surface area contributed by atoms with Crippen LogP contribution in [0.1, 0.15) is 26.2 Å². The maximum absolute atomic E-state index is 3.30. The number of piperidine rings is 1. The molecule has 1 fully saturated rings. The molecule has 15 heavy (non-hydrogen) atoms. The van der Waals surface area contributed by atoms with Crippen molar-refractivity contribution in [2.75, 3.05) is 40.8 Å². The van der Waals surface area contributed by atoms with Crippen molar-refractivity contribution in [2.24, 2.45) is 0 Å². The van der Waals surface area contributed by atoms with Crippen molar-refractivity contribution in [3.63, 3.8) is 0 Å². The molecule has 3 nitrogen and oxygen atoms in total. The zero-order chi connectivity index (χ0) is 11.3. The molecule has 0 spiro atoms. The summed E-state index contributed by atoms with van der Waals surface area (Å²) in [4.78, 5) is 4.97. The highest BCUT2D eigenvalue weighted by atomic mass is 15.2. The number of nitrogens with zero attached hydrogens (tertiary/aromatic N) is 2. The Kier molecular flexibility index (Phi) is 5.58. The van der Waals surface area contributed by atoms with E-state index in [0.29, 0.717) is 6.04 Å². The van der Waals surface area contributed by atoms with Crippen LogP contribution in [0.25, 0.3) is 0 Å². The minimum absolute atomic E-state index is 0.650. The highest BCUT2D eigenvalue weighted by Gasteiger charge is 2.20. The third kappa shape index (κ3) is 4.49. The molecule has 1 unspecified atom stereocenters. The number of rotatable bonds is 5. The fourth-order valence-corrected chi connectivity index (χ4v) is 2.18. The summed E-state index contributed by atoms with van der Waals surface area (Å²) in [5, 5.41) is 3.30. The minimum Gasteiger partial charge on any atom is -0.317 e. The molecule has 1 aliphatic rings. The highest BCUT2D eigenvalue weighted by Crippen LogP contribution is 2.14. The lowest BCUT2D eigenvalue weighted by Crippen LogP contribution is -2.43. The first-order valence-electron chi connectivity index (χ1n) is 6.19. The molecule has 1 aliphatic heterocycles. The average molecular weight is 213 g/mol. The lowest BCUT2D eigenvalue weighted by Gasteiger charge is -2.35. The zero-order valence-corrected chi connectivity index (χ0v) is 10.8. The topological polar surface area (TPSA) is 18.5 Å². The Balaban J connectivity index is 2.14. The van der Waals surface area contributed by atoms with E-state index in [1.165, 1.54) is 38.9 Å². The van der Waals surface area contributed by atoms with Gasteiger partial charge in [0.25, 0.3) is 0 Å². The van der Waals surface area contributed by atoms with Crippen LogP contribution in [0.2, 0.25) is 0 Å². The van der Waals surface area contributed by atoms with Crippen molar-refractivity contribution < 1.29 is 0 Å². The van der Waals surface area contributed by atoms with Gasteiger partial charge in [-0.05, 0) is 67.0 Å². The minimum atomic E-state index is 0.650. The monoisotopic (exact) mass is 213 g/mol. The lowest BCUT2D eigenvalue weighted by molar-refractivity contribution is 0.141. The first kappa shape index (κ1) is 12.9. The summed E-state index contributed by atoms with van der Waals surface area (Å²) in [6.45, 7) is 6.06. The summed E-state index contributed by atoms with van der Waals surface area (Å²) >= 11 is 0. The molecule has 0 aromatic rings. The van der Waals surface area contributed by atoms with Crippen LogP contribution in [0.4, 0.5) is 0 Å². The average Bonchev–Trinajstić information content (AvgIpc) is 2.26. The van der Waals surface area contributed by atoms with E-state index in [-0.39, 0.29) is 0 Å². The Labute approximate surface area is 94.8 Å². The van der Waals surface area contributed by atoms with Crippen LogP contribution in [-0.2, 0) is 0 Å². The summed E-state index contributed by atoms with van der Waals surface area (Å²) in [6.07, 6.45) is 3.94. The molecule has 0 aliphatic carbocycles. The van der Waals surface area contributed by atoms with E-state index in [0.717, 1.165) is 6.04 Å². The first-order chi connectivity index (χ1) is 7.13. The van der Waals surface area contributed by atoms with Gasteiger partial charge in [-0.15, -0.1) is 0 Å². The van der Waals surface area contributed by atoms with Gasteiger partial charge >= 0.3 is 0 Å². The maximum Gasteiger partial charge on any atom is 0.0113 e. The smallest absolute Gasteiger partial charge is 0.0113 e. The molecule has 0 saturated carbocycles. The summed E-state index contributed by atoms with van der Waals surface area (Å²) in [7, 11) is 6.44. The summed E-state index contributed by atoms with van der Waals surface area (Å²) in [5.41, 5.74) is 0. The SMILES string of the molecule is CNC(C)CCN1CCC(N(C)C)CC1. The molecule has 1 heterocycles. The van der Waals surface area contributed by atoms with Gasteiger partial charge in [0.1, 0.15) is 0 Å². The largest absolute Gasteiger partial charge is 0.317 e. The Morgan fingerprint density at radius 3 is 2.40 bits per heavy atom. The van der Waals surface area contributed by atoms with Gasteiger partial charge in [-0.25, -0.2) is 0 Å². The van der Waals surface area contributed by atoms with E-state index < -0.39 is 0 Å². The van der Waals surface area contributed by atoms with Crippen molar-refractivity contribution in [2.45, 2.75) is 38.3 Å². The Bertz CT molecular complexity index is 162. The standard InChI is InChI=1S/C12H27N3/c1-11(13-2)5-8-15-9-6-12(7-10-15)14(3)4/h11-13H,5-10H2,1-4H3. The van der Waals surface area contributed by atoms with Crippen molar-refractivity contribution in [1.29, 1.82) is 0 Å². The zero-order valence-electron chi connectivity index (χ0n) is 10.8. The van der Waals surface area contributed by atoms with Gasteiger partial charge in [-0.2, -0.15) is 0 Å². The van der Waals surface area contributed by atoms with Gasteiger partial charge in [0.05, 0.1) is 0 Å². The second-order valence-electron chi connectivity index (χ2n) is 5.01. The third-order valence-electron chi connectivity index (χ3n) is 3.66. The Morgan fingerprint density at radius 1 is 1.33 bits per heavy atom. The molecule has 1 N–H and O–H groups in total. The quantitative estimate of drug-likeness (QED) is 0.735. The van der Waals surface area contributed by atoms with Crippen molar-refractivity contribution >= 4 is 0 Å². The molecule has 0 radical (unpaired) electrons. The molecule has 0 amide bonds. The van der Waals surface area contributed by atoms with Crippen molar-refractivity contribution in [1.82, 2.24) is 15.1 Å². The predicted octanol–water partition coefficient (Wildman–Crippen LogP) is 1.01.